The standard InChI is InChI=1S/C36H39F2N7O4/c1-26(2)45-35(46)44(25-40-45)30-7-5-28(6-8-30)42-16-18-43(19-17-42)29-9-11-31(12-10-29)47-21-32-22-48-36(49-32,23-41-15-3-14-39-24-41)33-13-4-27(37)20-34(33)38/h3-14,20,24-26,32H,15-19,21-23H2,1-2H3. The quantitative estimate of drug-likeness (QED) is 0.239. The number of piperazine rings is 1. The zero-order chi connectivity index (χ0) is 34.0. The van der Waals surface area contributed by atoms with Crippen LogP contribution in [0, 0.1) is 11.6 Å². The van der Waals surface area contributed by atoms with Gasteiger partial charge in [-0.15, -0.1) is 0 Å². The molecule has 1 aromatic heterocycles. The van der Waals surface area contributed by atoms with Crippen molar-refractivity contribution in [2.24, 2.45) is 4.99 Å². The normalized spacial score (nSPS) is 20.8. The lowest BCUT2D eigenvalue weighted by Gasteiger charge is -2.37. The van der Waals surface area contributed by atoms with Crippen LogP contribution in [0.5, 0.6) is 5.75 Å². The summed E-state index contributed by atoms with van der Waals surface area (Å²) >= 11 is 0. The summed E-state index contributed by atoms with van der Waals surface area (Å²) in [6.45, 7) is 8.43. The molecule has 2 atom stereocenters. The molecule has 2 saturated heterocycles. The van der Waals surface area contributed by atoms with Gasteiger partial charge in [-0.05, 0) is 80.6 Å². The Balaban J connectivity index is 0.927. The second-order valence-electron chi connectivity index (χ2n) is 12.6. The lowest BCUT2D eigenvalue weighted by molar-refractivity contribution is -0.186. The van der Waals surface area contributed by atoms with Gasteiger partial charge in [0.1, 0.15) is 36.4 Å². The molecule has 7 rings (SSSR count). The van der Waals surface area contributed by atoms with Gasteiger partial charge in [0.25, 0.3) is 0 Å². The van der Waals surface area contributed by atoms with Gasteiger partial charge in [-0.25, -0.2) is 27.8 Å². The summed E-state index contributed by atoms with van der Waals surface area (Å²) in [5.41, 5.74) is 2.99. The van der Waals surface area contributed by atoms with Crippen LogP contribution in [0.3, 0.4) is 0 Å². The van der Waals surface area contributed by atoms with Gasteiger partial charge in [0, 0.05) is 61.9 Å². The maximum absolute atomic E-state index is 15.0. The third kappa shape index (κ3) is 6.94. The van der Waals surface area contributed by atoms with E-state index < -0.39 is 23.5 Å². The molecule has 3 aliphatic rings. The minimum atomic E-state index is -1.44. The number of aromatic nitrogens is 3. The van der Waals surface area contributed by atoms with Crippen LogP contribution in [0.4, 0.5) is 20.2 Å². The van der Waals surface area contributed by atoms with Crippen molar-refractivity contribution < 1.29 is 23.0 Å². The number of benzene rings is 3. The maximum Gasteiger partial charge on any atom is 0.350 e. The van der Waals surface area contributed by atoms with Crippen LogP contribution >= 0.6 is 0 Å². The molecule has 0 saturated carbocycles. The monoisotopic (exact) mass is 671 g/mol. The van der Waals surface area contributed by atoms with Crippen molar-refractivity contribution in [2.45, 2.75) is 31.8 Å². The van der Waals surface area contributed by atoms with Gasteiger partial charge in [-0.1, -0.05) is 0 Å². The fraction of sp³-hybridized carbons (Fsp3) is 0.361. The second kappa shape index (κ2) is 13.8. The van der Waals surface area contributed by atoms with E-state index in [4.69, 9.17) is 14.2 Å². The molecule has 0 radical (unpaired) electrons. The summed E-state index contributed by atoms with van der Waals surface area (Å²) in [5, 5.41) is 4.22. The van der Waals surface area contributed by atoms with E-state index in [2.05, 4.69) is 32.0 Å². The number of halogens is 2. The Morgan fingerprint density at radius 2 is 1.61 bits per heavy atom. The number of hydrogen-bond donors (Lipinski definition) is 0. The van der Waals surface area contributed by atoms with Crippen LogP contribution in [0.2, 0.25) is 0 Å². The van der Waals surface area contributed by atoms with Gasteiger partial charge in [0.15, 0.2) is 0 Å². The van der Waals surface area contributed by atoms with E-state index in [9.17, 15) is 13.6 Å². The molecule has 13 heteroatoms. The lowest BCUT2D eigenvalue weighted by atomic mass is 10.0. The summed E-state index contributed by atoms with van der Waals surface area (Å²) in [7, 11) is 0. The van der Waals surface area contributed by atoms with Gasteiger partial charge in [-0.2, -0.15) is 5.10 Å². The molecular weight excluding hydrogens is 632 g/mol. The number of hydrogen-bond acceptors (Lipinski definition) is 9. The Morgan fingerprint density at radius 1 is 0.939 bits per heavy atom. The van der Waals surface area contributed by atoms with Crippen LogP contribution in [-0.2, 0) is 15.3 Å². The number of aliphatic imine (C=N–C) groups is 1. The highest BCUT2D eigenvalue weighted by atomic mass is 19.1. The van der Waals surface area contributed by atoms with Gasteiger partial charge in [0.2, 0.25) is 5.79 Å². The Bertz CT molecular complexity index is 1870. The van der Waals surface area contributed by atoms with Gasteiger partial charge in [0.05, 0.1) is 31.2 Å². The SMILES string of the molecule is CC(C)n1ncn(-c2ccc(N3CCN(c4ccc(OCC5COC(CN6C=NC=CC6)(c6ccc(F)cc6F)O5)cc4)CC3)cc2)c1=O. The molecule has 4 heterocycles. The minimum Gasteiger partial charge on any atom is -0.491 e. The highest BCUT2D eigenvalue weighted by Crippen LogP contribution is 2.37. The molecule has 0 spiro atoms. The number of anilines is 2. The summed E-state index contributed by atoms with van der Waals surface area (Å²) in [6, 6.07) is 19.4. The third-order valence-corrected chi connectivity index (χ3v) is 8.97. The van der Waals surface area contributed by atoms with Crippen LogP contribution in [0.25, 0.3) is 5.69 Å². The fourth-order valence-electron chi connectivity index (χ4n) is 6.39. The first-order valence-corrected chi connectivity index (χ1v) is 16.5. The zero-order valence-corrected chi connectivity index (χ0v) is 27.5. The maximum atomic E-state index is 15.0. The molecular formula is C36H39F2N7O4. The first-order chi connectivity index (χ1) is 23.8. The first-order valence-electron chi connectivity index (χ1n) is 16.5. The van der Waals surface area contributed by atoms with Crippen molar-refractivity contribution in [1.29, 1.82) is 0 Å². The predicted molar refractivity (Wildman–Crippen MR) is 183 cm³/mol. The zero-order valence-electron chi connectivity index (χ0n) is 27.5. The van der Waals surface area contributed by atoms with E-state index in [1.54, 1.807) is 23.4 Å². The molecule has 2 unspecified atom stereocenters. The van der Waals surface area contributed by atoms with Crippen LogP contribution in [0.1, 0.15) is 25.5 Å². The Kier molecular flexibility index (Phi) is 9.19. The Hall–Kier alpha value is -5.01. The van der Waals surface area contributed by atoms with Crippen molar-refractivity contribution in [3.8, 4) is 11.4 Å². The van der Waals surface area contributed by atoms with Gasteiger partial charge >= 0.3 is 5.69 Å². The molecule has 0 bridgehead atoms. The highest BCUT2D eigenvalue weighted by molar-refractivity contribution is 5.58. The molecule has 49 heavy (non-hydrogen) atoms. The Labute approximate surface area is 283 Å². The van der Waals surface area contributed by atoms with Gasteiger partial charge < -0.3 is 28.9 Å². The number of nitrogens with zero attached hydrogens (tertiary/aromatic N) is 7. The van der Waals surface area contributed by atoms with E-state index in [1.807, 2.05) is 61.2 Å². The van der Waals surface area contributed by atoms with Crippen molar-refractivity contribution in [1.82, 2.24) is 19.2 Å². The van der Waals surface area contributed by atoms with E-state index in [0.717, 1.165) is 49.3 Å². The molecule has 256 valence electrons. The average Bonchev–Trinajstić information content (AvgIpc) is 3.72. The van der Waals surface area contributed by atoms with Crippen molar-refractivity contribution >= 4 is 17.7 Å². The van der Waals surface area contributed by atoms with Crippen molar-refractivity contribution in [2.75, 3.05) is 62.3 Å². The van der Waals surface area contributed by atoms with E-state index in [1.165, 1.54) is 16.8 Å². The molecule has 4 aromatic rings. The lowest BCUT2D eigenvalue weighted by Crippen LogP contribution is -2.46. The van der Waals surface area contributed by atoms with E-state index in [0.29, 0.717) is 12.3 Å². The molecule has 0 amide bonds. The Morgan fingerprint density at radius 3 is 2.22 bits per heavy atom. The first kappa shape index (κ1) is 32.5. The summed E-state index contributed by atoms with van der Waals surface area (Å²) in [6.07, 6.45) is 6.31. The van der Waals surface area contributed by atoms with Crippen LogP contribution < -0.4 is 20.2 Å². The van der Waals surface area contributed by atoms with Gasteiger partial charge in [-0.3, -0.25) is 0 Å². The van der Waals surface area contributed by atoms with E-state index in [-0.39, 0.29) is 37.1 Å². The summed E-state index contributed by atoms with van der Waals surface area (Å²) in [5.74, 6) is -2.15. The molecule has 2 fully saturated rings. The van der Waals surface area contributed by atoms with Crippen LogP contribution in [0.15, 0.2) is 95.1 Å². The third-order valence-electron chi connectivity index (χ3n) is 8.97. The van der Waals surface area contributed by atoms with Crippen molar-refractivity contribution in [3.63, 3.8) is 0 Å². The summed E-state index contributed by atoms with van der Waals surface area (Å²) in [4.78, 5) is 23.3. The predicted octanol–water partition coefficient (Wildman–Crippen LogP) is 4.72. The van der Waals surface area contributed by atoms with Crippen molar-refractivity contribution in [3.05, 3.63) is 113 Å². The smallest absolute Gasteiger partial charge is 0.350 e. The highest BCUT2D eigenvalue weighted by Gasteiger charge is 2.46. The minimum absolute atomic E-state index is 0.00267. The topological polar surface area (TPSA) is 89.6 Å². The molecule has 3 aliphatic heterocycles. The summed E-state index contributed by atoms with van der Waals surface area (Å²) < 4.78 is 50.2. The largest absolute Gasteiger partial charge is 0.491 e. The number of rotatable bonds is 10. The van der Waals surface area contributed by atoms with Crippen LogP contribution in [-0.4, -0.2) is 84.2 Å². The second-order valence-corrected chi connectivity index (χ2v) is 12.6. The molecule has 3 aromatic carbocycles. The molecule has 0 N–H and O–H groups in total. The molecule has 11 nitrogen and oxygen atoms in total. The number of ether oxygens (including phenoxy) is 3. The molecule has 0 aliphatic carbocycles. The fourth-order valence-corrected chi connectivity index (χ4v) is 6.39. The average molecular weight is 672 g/mol. The van der Waals surface area contributed by atoms with E-state index >= 15 is 0 Å².